The molecule has 0 unspecified atom stereocenters. The highest BCUT2D eigenvalue weighted by atomic mass is 16.1. The van der Waals surface area contributed by atoms with E-state index >= 15 is 0 Å². The minimum atomic E-state index is -0.143. The summed E-state index contributed by atoms with van der Waals surface area (Å²) in [7, 11) is 0. The molecule has 0 saturated heterocycles. The van der Waals surface area contributed by atoms with Crippen LogP contribution in [0.2, 0.25) is 0 Å². The lowest BCUT2D eigenvalue weighted by atomic mass is 10.0. The molecule has 4 rings (SSSR count). The highest BCUT2D eigenvalue weighted by Crippen LogP contribution is 2.23. The van der Waals surface area contributed by atoms with Gasteiger partial charge in [0, 0.05) is 17.1 Å². The maximum atomic E-state index is 12.7. The van der Waals surface area contributed by atoms with Gasteiger partial charge in [0.2, 0.25) is 0 Å². The van der Waals surface area contributed by atoms with Crippen molar-refractivity contribution in [3.05, 3.63) is 96.7 Å². The Morgan fingerprint density at radius 1 is 0.760 bits per heavy atom. The Hall–Kier alpha value is -3.46. The quantitative estimate of drug-likeness (QED) is 0.566. The average Bonchev–Trinajstić information content (AvgIpc) is 2.69. The summed E-state index contributed by atoms with van der Waals surface area (Å²) in [5.41, 5.74) is 4.23. The molecule has 1 heterocycles. The molecule has 0 aliphatic rings. The van der Waals surface area contributed by atoms with Crippen molar-refractivity contribution in [1.29, 1.82) is 0 Å². The Balaban J connectivity index is 1.65. The number of nitrogens with zero attached hydrogens (tertiary/aromatic N) is 1. The summed E-state index contributed by atoms with van der Waals surface area (Å²) < 4.78 is 0. The second-order valence-electron chi connectivity index (χ2n) is 5.78. The number of nitrogens with one attached hydrogen (secondary N) is 1. The SMILES string of the molecule is O=C(Nc1cccc2cccnc12)c1cccc(-c2ccccc2)c1. The Bertz CT molecular complexity index is 1040. The number of carbonyl (C=O) groups excluding carboxylic acids is 1. The molecule has 3 aromatic carbocycles. The zero-order valence-electron chi connectivity index (χ0n) is 13.5. The van der Waals surface area contributed by atoms with Crippen LogP contribution in [0.1, 0.15) is 10.4 Å². The molecule has 0 bridgehead atoms. The molecule has 0 radical (unpaired) electrons. The van der Waals surface area contributed by atoms with E-state index in [9.17, 15) is 4.79 Å². The van der Waals surface area contributed by atoms with Crippen molar-refractivity contribution in [1.82, 2.24) is 4.98 Å². The molecule has 120 valence electrons. The standard InChI is InChI=1S/C22H16N2O/c25-22(24-20-13-5-9-17-12-6-14-23-21(17)20)19-11-4-10-18(15-19)16-7-2-1-3-8-16/h1-15H,(H,24,25). The zero-order valence-corrected chi connectivity index (χ0v) is 13.5. The first-order valence-electron chi connectivity index (χ1n) is 8.12. The lowest BCUT2D eigenvalue weighted by Crippen LogP contribution is -2.12. The summed E-state index contributed by atoms with van der Waals surface area (Å²) in [4.78, 5) is 17.1. The summed E-state index contributed by atoms with van der Waals surface area (Å²) >= 11 is 0. The van der Waals surface area contributed by atoms with E-state index in [2.05, 4.69) is 10.3 Å². The van der Waals surface area contributed by atoms with Crippen LogP contribution in [-0.4, -0.2) is 10.9 Å². The van der Waals surface area contributed by atoms with Crippen LogP contribution >= 0.6 is 0 Å². The lowest BCUT2D eigenvalue weighted by Gasteiger charge is -2.09. The highest BCUT2D eigenvalue weighted by molar-refractivity contribution is 6.08. The average molecular weight is 324 g/mol. The first-order chi connectivity index (χ1) is 12.3. The highest BCUT2D eigenvalue weighted by Gasteiger charge is 2.10. The summed E-state index contributed by atoms with van der Waals surface area (Å²) in [5, 5.41) is 3.98. The van der Waals surface area contributed by atoms with Gasteiger partial charge in [-0.05, 0) is 35.4 Å². The van der Waals surface area contributed by atoms with Crippen molar-refractivity contribution in [3.63, 3.8) is 0 Å². The van der Waals surface area contributed by atoms with Gasteiger partial charge in [-0.1, -0.05) is 60.7 Å². The number of benzene rings is 3. The van der Waals surface area contributed by atoms with Gasteiger partial charge in [0.25, 0.3) is 5.91 Å². The molecule has 0 saturated carbocycles. The van der Waals surface area contributed by atoms with Gasteiger partial charge in [0.1, 0.15) is 0 Å². The van der Waals surface area contributed by atoms with Crippen LogP contribution in [0.5, 0.6) is 0 Å². The topological polar surface area (TPSA) is 42.0 Å². The molecule has 3 heteroatoms. The van der Waals surface area contributed by atoms with Gasteiger partial charge in [-0.3, -0.25) is 9.78 Å². The van der Waals surface area contributed by atoms with E-state index in [1.807, 2.05) is 84.9 Å². The summed E-state index contributed by atoms with van der Waals surface area (Å²) in [6, 6.07) is 27.3. The zero-order chi connectivity index (χ0) is 17.1. The van der Waals surface area contributed by atoms with E-state index < -0.39 is 0 Å². The van der Waals surface area contributed by atoms with Crippen molar-refractivity contribution >= 4 is 22.5 Å². The molecule has 0 aliphatic heterocycles. The number of anilines is 1. The van der Waals surface area contributed by atoms with E-state index in [1.54, 1.807) is 6.20 Å². The van der Waals surface area contributed by atoms with E-state index in [1.165, 1.54) is 0 Å². The Labute approximate surface area is 146 Å². The van der Waals surface area contributed by atoms with Gasteiger partial charge >= 0.3 is 0 Å². The van der Waals surface area contributed by atoms with Crippen molar-refractivity contribution in [2.45, 2.75) is 0 Å². The predicted molar refractivity (Wildman–Crippen MR) is 102 cm³/mol. The third-order valence-corrected chi connectivity index (χ3v) is 4.11. The van der Waals surface area contributed by atoms with Crippen molar-refractivity contribution in [3.8, 4) is 11.1 Å². The predicted octanol–water partition coefficient (Wildman–Crippen LogP) is 5.15. The molecule has 0 spiro atoms. The van der Waals surface area contributed by atoms with Crippen LogP contribution in [0.3, 0.4) is 0 Å². The summed E-state index contributed by atoms with van der Waals surface area (Å²) in [6.07, 6.45) is 1.73. The first-order valence-corrected chi connectivity index (χ1v) is 8.12. The third-order valence-electron chi connectivity index (χ3n) is 4.11. The number of amides is 1. The number of hydrogen-bond acceptors (Lipinski definition) is 2. The molecule has 1 N–H and O–H groups in total. The van der Waals surface area contributed by atoms with Gasteiger partial charge in [-0.2, -0.15) is 0 Å². The minimum Gasteiger partial charge on any atom is -0.320 e. The summed E-state index contributed by atoms with van der Waals surface area (Å²) in [6.45, 7) is 0. The molecule has 0 atom stereocenters. The van der Waals surface area contributed by atoms with Gasteiger partial charge < -0.3 is 5.32 Å². The van der Waals surface area contributed by atoms with Gasteiger partial charge in [0.15, 0.2) is 0 Å². The molecule has 4 aromatic rings. The van der Waals surface area contributed by atoms with Crippen LogP contribution in [0, 0.1) is 0 Å². The molecule has 0 fully saturated rings. The fourth-order valence-electron chi connectivity index (χ4n) is 2.87. The van der Waals surface area contributed by atoms with E-state index in [-0.39, 0.29) is 5.91 Å². The van der Waals surface area contributed by atoms with Crippen LogP contribution in [-0.2, 0) is 0 Å². The smallest absolute Gasteiger partial charge is 0.255 e. The van der Waals surface area contributed by atoms with Crippen LogP contribution in [0.25, 0.3) is 22.0 Å². The van der Waals surface area contributed by atoms with Gasteiger partial charge in [0.05, 0.1) is 11.2 Å². The number of pyridine rings is 1. The number of para-hydroxylation sites is 1. The number of hydrogen-bond donors (Lipinski definition) is 1. The monoisotopic (exact) mass is 324 g/mol. The molecule has 25 heavy (non-hydrogen) atoms. The maximum absolute atomic E-state index is 12.7. The Morgan fingerprint density at radius 3 is 2.40 bits per heavy atom. The van der Waals surface area contributed by atoms with Crippen LogP contribution in [0.4, 0.5) is 5.69 Å². The van der Waals surface area contributed by atoms with Crippen molar-refractivity contribution in [2.24, 2.45) is 0 Å². The van der Waals surface area contributed by atoms with Crippen molar-refractivity contribution in [2.75, 3.05) is 5.32 Å². The fourth-order valence-corrected chi connectivity index (χ4v) is 2.87. The van der Waals surface area contributed by atoms with Crippen LogP contribution in [0.15, 0.2) is 91.1 Å². The molecular formula is C22H16N2O. The molecule has 1 aromatic heterocycles. The number of rotatable bonds is 3. The van der Waals surface area contributed by atoms with Crippen molar-refractivity contribution < 1.29 is 4.79 Å². The van der Waals surface area contributed by atoms with Gasteiger partial charge in [-0.15, -0.1) is 0 Å². The lowest BCUT2D eigenvalue weighted by molar-refractivity contribution is 0.102. The van der Waals surface area contributed by atoms with E-state index in [0.717, 1.165) is 22.0 Å². The fraction of sp³-hybridized carbons (Fsp3) is 0. The number of fused-ring (bicyclic) bond motifs is 1. The Kier molecular flexibility index (Phi) is 3.97. The Morgan fingerprint density at radius 2 is 1.52 bits per heavy atom. The summed E-state index contributed by atoms with van der Waals surface area (Å²) in [5.74, 6) is -0.143. The number of aromatic nitrogens is 1. The second kappa shape index (κ2) is 6.57. The maximum Gasteiger partial charge on any atom is 0.255 e. The first kappa shape index (κ1) is 15.1. The molecular weight excluding hydrogens is 308 g/mol. The molecule has 3 nitrogen and oxygen atoms in total. The van der Waals surface area contributed by atoms with E-state index in [4.69, 9.17) is 0 Å². The minimum absolute atomic E-state index is 0.143. The van der Waals surface area contributed by atoms with E-state index in [0.29, 0.717) is 11.3 Å². The third kappa shape index (κ3) is 3.12. The number of carbonyl (C=O) groups is 1. The van der Waals surface area contributed by atoms with Crippen LogP contribution < -0.4 is 5.32 Å². The molecule has 1 amide bonds. The molecule has 0 aliphatic carbocycles. The van der Waals surface area contributed by atoms with Gasteiger partial charge in [-0.25, -0.2) is 0 Å². The second-order valence-corrected chi connectivity index (χ2v) is 5.78. The normalized spacial score (nSPS) is 10.6. The largest absolute Gasteiger partial charge is 0.320 e.